The number of nitrogens with two attached hydrogens (primary N) is 1. The Morgan fingerprint density at radius 3 is 1.71 bits per heavy atom. The van der Waals surface area contributed by atoms with Gasteiger partial charge in [-0.15, -0.1) is 0 Å². The van der Waals surface area contributed by atoms with Crippen molar-refractivity contribution in [1.82, 2.24) is 47.0 Å². The Kier molecular flexibility index (Phi) is 23.0. The Hall–Kier alpha value is -6.89. The van der Waals surface area contributed by atoms with E-state index in [4.69, 9.17) is 5.73 Å². The van der Waals surface area contributed by atoms with Crippen molar-refractivity contribution in [2.45, 2.75) is 161 Å². The molecule has 406 valence electrons. The molecule has 9 amide bonds. The summed E-state index contributed by atoms with van der Waals surface area (Å²) in [7, 11) is 0. The molecule has 13 N–H and O–H groups in total. The summed E-state index contributed by atoms with van der Waals surface area (Å²) in [6.07, 6.45) is -1.44. The summed E-state index contributed by atoms with van der Waals surface area (Å²) in [5, 5.41) is 56.6. The molecule has 0 bridgehead atoms. The topological polar surface area (TPSA) is 385 Å². The SMILES string of the molecule is CC(C)C[C@H](NC(=O)[C@@H](N)C(C)C)C(=O)N[C@@H](Cc1ccc(O)cc1)C(=O)NCC(=O)N1CCC[C@H]1C(=O)N[C@@H](CC(=O)O)C(=O)N[C@@H](C)C(=O)N1CCC[C@H]1C(=O)N[C@H](C(=O)N[C@H](C(=O)O)C(C)C)[C@@H](C)O. The number of hydrogen-bond donors (Lipinski definition) is 12. The number of nitrogens with zero attached hydrogens (tertiary/aromatic N) is 2. The number of aliphatic hydroxyl groups excluding tert-OH is 1. The lowest BCUT2D eigenvalue weighted by Gasteiger charge is -2.30. The highest BCUT2D eigenvalue weighted by Crippen LogP contribution is 2.21. The van der Waals surface area contributed by atoms with Crippen LogP contribution >= 0.6 is 0 Å². The first-order valence-electron chi connectivity index (χ1n) is 24.5. The van der Waals surface area contributed by atoms with E-state index in [1.165, 1.54) is 38.1 Å². The van der Waals surface area contributed by atoms with Crippen LogP contribution < -0.4 is 43.0 Å². The molecule has 0 aliphatic carbocycles. The van der Waals surface area contributed by atoms with Crippen LogP contribution in [0.5, 0.6) is 5.75 Å². The number of aliphatic hydroxyl groups is 1. The second-order valence-electron chi connectivity index (χ2n) is 19.7. The molecule has 2 fully saturated rings. The molecule has 0 saturated carbocycles. The summed E-state index contributed by atoms with van der Waals surface area (Å²) < 4.78 is 0. The molecule has 0 spiro atoms. The predicted octanol–water partition coefficient (Wildman–Crippen LogP) is -2.41. The van der Waals surface area contributed by atoms with E-state index in [0.29, 0.717) is 18.4 Å². The maximum atomic E-state index is 13.8. The van der Waals surface area contributed by atoms with Crippen LogP contribution in [0.15, 0.2) is 24.3 Å². The largest absolute Gasteiger partial charge is 0.508 e. The van der Waals surface area contributed by atoms with Crippen molar-refractivity contribution in [2.75, 3.05) is 19.6 Å². The van der Waals surface area contributed by atoms with Crippen molar-refractivity contribution in [3.63, 3.8) is 0 Å². The molecule has 2 saturated heterocycles. The van der Waals surface area contributed by atoms with Crippen LogP contribution in [0.25, 0.3) is 0 Å². The highest BCUT2D eigenvalue weighted by Gasteiger charge is 2.41. The molecule has 2 aliphatic rings. The molecule has 3 rings (SSSR count). The standard InChI is InChI=1S/C48H74N10O15/c1-23(2)19-30(54-45(69)37(49)24(3)4)42(66)52-31(20-28-13-15-29(60)16-14-28)40(64)50-22-35(61)57-17-9-11-33(57)43(67)53-32(21-36(62)63)41(65)51-26(7)47(71)58-18-10-12-34(58)44(68)56-39(27(8)59)46(70)55-38(25(5)6)48(72)73/h13-16,23-27,30-34,37-39,59-60H,9-12,17-22,49H2,1-8H3,(H,50,64)(H,51,65)(H,52,66)(H,53,67)(H,54,69)(H,55,70)(H,56,68)(H,62,63)(H,72,73)/t26-,27+,30-,31-,32-,33-,34-,37-,38-,39-/m0/s1. The van der Waals surface area contributed by atoms with Gasteiger partial charge in [0.15, 0.2) is 0 Å². The zero-order valence-electron chi connectivity index (χ0n) is 42.6. The second kappa shape index (κ2) is 27.8. The van der Waals surface area contributed by atoms with Gasteiger partial charge < -0.3 is 73.2 Å². The van der Waals surface area contributed by atoms with E-state index < -0.39 is 144 Å². The van der Waals surface area contributed by atoms with Crippen LogP contribution in [-0.2, 0) is 59.2 Å². The van der Waals surface area contributed by atoms with Crippen LogP contribution in [0.1, 0.15) is 99.5 Å². The smallest absolute Gasteiger partial charge is 0.326 e. The zero-order valence-corrected chi connectivity index (χ0v) is 42.6. The van der Waals surface area contributed by atoms with Gasteiger partial charge in [-0.25, -0.2) is 4.79 Å². The van der Waals surface area contributed by atoms with E-state index in [0.717, 1.165) is 9.80 Å². The Balaban J connectivity index is 1.70. The number of nitrogens with one attached hydrogen (secondary N) is 7. The Bertz CT molecular complexity index is 2170. The summed E-state index contributed by atoms with van der Waals surface area (Å²) in [4.78, 5) is 147. The lowest BCUT2D eigenvalue weighted by molar-refractivity contribution is -0.145. The summed E-state index contributed by atoms with van der Waals surface area (Å²) >= 11 is 0. The van der Waals surface area contributed by atoms with Crippen molar-refractivity contribution >= 4 is 65.1 Å². The second-order valence-corrected chi connectivity index (χ2v) is 19.7. The quantitative estimate of drug-likeness (QED) is 0.0460. The molecule has 1 aromatic carbocycles. The van der Waals surface area contributed by atoms with Crippen LogP contribution in [0, 0.1) is 17.8 Å². The van der Waals surface area contributed by atoms with Crippen molar-refractivity contribution in [3.8, 4) is 5.75 Å². The van der Waals surface area contributed by atoms with E-state index in [-0.39, 0.29) is 56.4 Å². The van der Waals surface area contributed by atoms with Gasteiger partial charge in [0, 0.05) is 19.5 Å². The first kappa shape index (κ1) is 60.4. The van der Waals surface area contributed by atoms with Gasteiger partial charge in [0.25, 0.3) is 0 Å². The molecule has 25 nitrogen and oxygen atoms in total. The van der Waals surface area contributed by atoms with Crippen molar-refractivity contribution in [1.29, 1.82) is 0 Å². The van der Waals surface area contributed by atoms with Gasteiger partial charge in [-0.05, 0) is 81.4 Å². The number of likely N-dealkylation sites (tertiary alicyclic amines) is 2. The Labute approximate surface area is 423 Å². The van der Waals surface area contributed by atoms with Crippen LogP contribution in [0.3, 0.4) is 0 Å². The van der Waals surface area contributed by atoms with Gasteiger partial charge in [0.1, 0.15) is 54.1 Å². The fraction of sp³-hybridized carbons (Fsp3) is 0.646. The molecule has 73 heavy (non-hydrogen) atoms. The van der Waals surface area contributed by atoms with E-state index in [9.17, 15) is 73.2 Å². The van der Waals surface area contributed by atoms with Crippen molar-refractivity contribution in [3.05, 3.63) is 29.8 Å². The molecule has 2 aliphatic heterocycles. The van der Waals surface area contributed by atoms with E-state index >= 15 is 0 Å². The number of phenolic OH excluding ortho intramolecular Hbond substituents is 1. The molecule has 1 aromatic rings. The fourth-order valence-corrected chi connectivity index (χ4v) is 8.34. The molecule has 10 atom stereocenters. The van der Waals surface area contributed by atoms with Crippen molar-refractivity contribution in [2.24, 2.45) is 23.5 Å². The number of rotatable bonds is 26. The monoisotopic (exact) mass is 1030 g/mol. The van der Waals surface area contributed by atoms with Crippen molar-refractivity contribution < 1.29 is 73.2 Å². The first-order chi connectivity index (χ1) is 34.1. The number of benzene rings is 1. The van der Waals surface area contributed by atoms with Crippen LogP contribution in [0.4, 0.5) is 0 Å². The normalized spacial score (nSPS) is 18.8. The third kappa shape index (κ3) is 18.0. The van der Waals surface area contributed by atoms with Gasteiger partial charge >= 0.3 is 11.9 Å². The van der Waals surface area contributed by atoms with Gasteiger partial charge in [-0.1, -0.05) is 53.7 Å². The number of carboxylic acids is 2. The summed E-state index contributed by atoms with van der Waals surface area (Å²) in [5.41, 5.74) is 6.56. The molecule has 25 heteroatoms. The van der Waals surface area contributed by atoms with Crippen LogP contribution in [-0.4, -0.2) is 175 Å². The predicted molar refractivity (Wildman–Crippen MR) is 260 cm³/mol. The average molecular weight is 1030 g/mol. The third-order valence-electron chi connectivity index (χ3n) is 12.5. The number of carbonyl (C=O) groups is 11. The molecular formula is C48H74N10O15. The number of amides is 9. The molecule has 0 radical (unpaired) electrons. The highest BCUT2D eigenvalue weighted by atomic mass is 16.4. The fourth-order valence-electron chi connectivity index (χ4n) is 8.34. The van der Waals surface area contributed by atoms with Crippen LogP contribution in [0.2, 0.25) is 0 Å². The lowest BCUT2D eigenvalue weighted by atomic mass is 9.99. The number of hydrogen-bond acceptors (Lipinski definition) is 14. The first-order valence-corrected chi connectivity index (χ1v) is 24.5. The summed E-state index contributed by atoms with van der Waals surface area (Å²) in [5.74, 6) is -11.0. The van der Waals surface area contributed by atoms with Gasteiger partial charge in [0.2, 0.25) is 53.2 Å². The minimum atomic E-state index is -1.75. The molecule has 0 aromatic heterocycles. The van der Waals surface area contributed by atoms with Gasteiger partial charge in [0.05, 0.1) is 25.1 Å². The molecule has 0 unspecified atom stereocenters. The highest BCUT2D eigenvalue weighted by molar-refractivity contribution is 5.99. The maximum absolute atomic E-state index is 13.8. The van der Waals surface area contributed by atoms with E-state index in [1.807, 2.05) is 13.8 Å². The summed E-state index contributed by atoms with van der Waals surface area (Å²) in [6.45, 7) is 12.2. The lowest BCUT2D eigenvalue weighted by Crippen LogP contribution is -2.60. The minimum absolute atomic E-state index is 0.0403. The number of carboxylic acid groups (broad SMARTS) is 2. The minimum Gasteiger partial charge on any atom is -0.508 e. The molecule has 2 heterocycles. The number of phenols is 1. The Morgan fingerprint density at radius 2 is 1.18 bits per heavy atom. The Morgan fingerprint density at radius 1 is 0.630 bits per heavy atom. The van der Waals surface area contributed by atoms with Gasteiger partial charge in [-0.2, -0.15) is 0 Å². The average Bonchev–Trinajstić information content (AvgIpc) is 4.02. The number of aromatic hydroxyl groups is 1. The zero-order chi connectivity index (χ0) is 55.0. The maximum Gasteiger partial charge on any atom is 0.326 e. The van der Waals surface area contributed by atoms with Gasteiger partial charge in [-0.3, -0.25) is 47.9 Å². The molecular weight excluding hydrogens is 957 g/mol. The summed E-state index contributed by atoms with van der Waals surface area (Å²) in [6, 6.07) is -5.87. The number of carbonyl (C=O) groups excluding carboxylic acids is 9. The number of aliphatic carboxylic acids is 2. The van der Waals surface area contributed by atoms with E-state index in [1.54, 1.807) is 27.7 Å². The van der Waals surface area contributed by atoms with E-state index in [2.05, 4.69) is 37.2 Å². The third-order valence-corrected chi connectivity index (χ3v) is 12.5.